The molecule has 0 spiro atoms. The van der Waals surface area contributed by atoms with Crippen LogP contribution in [0.3, 0.4) is 0 Å². The molecule has 0 aliphatic rings. The van der Waals surface area contributed by atoms with Crippen molar-refractivity contribution in [3.63, 3.8) is 0 Å². The molecule has 0 unspecified atom stereocenters. The van der Waals surface area contributed by atoms with E-state index in [1.165, 1.54) is 0 Å². The van der Waals surface area contributed by atoms with Crippen LogP contribution in [0.5, 0.6) is 5.75 Å². The summed E-state index contributed by atoms with van der Waals surface area (Å²) in [6.45, 7) is 1.72. The Bertz CT molecular complexity index is 905. The third kappa shape index (κ3) is 7.54. The maximum Gasteiger partial charge on any atom is 0.246 e. The molecule has 0 aliphatic heterocycles. The Kier molecular flexibility index (Phi) is 9.72. The highest BCUT2D eigenvalue weighted by atomic mass is 127. The molecule has 1 aromatic heterocycles. The number of halogens is 2. The summed E-state index contributed by atoms with van der Waals surface area (Å²) in [6.07, 6.45) is 0.842. The summed E-state index contributed by atoms with van der Waals surface area (Å²) in [4.78, 5) is 8.55. The van der Waals surface area contributed by atoms with Crippen molar-refractivity contribution in [2.24, 2.45) is 4.99 Å². The molecular formula is C20H23ClIN5O2. The normalized spacial score (nSPS) is 10.9. The summed E-state index contributed by atoms with van der Waals surface area (Å²) in [7, 11) is 1.71. The third-order valence-electron chi connectivity index (χ3n) is 3.81. The van der Waals surface area contributed by atoms with E-state index in [4.69, 9.17) is 20.9 Å². The topological polar surface area (TPSA) is 84.6 Å². The smallest absolute Gasteiger partial charge is 0.246 e. The molecule has 1 heterocycles. The van der Waals surface area contributed by atoms with Crippen molar-refractivity contribution in [2.75, 3.05) is 20.2 Å². The predicted molar refractivity (Wildman–Crippen MR) is 125 cm³/mol. The lowest BCUT2D eigenvalue weighted by Gasteiger charge is -2.10. The molecule has 9 heteroatoms. The first-order valence-corrected chi connectivity index (χ1v) is 9.33. The van der Waals surface area contributed by atoms with Crippen LogP contribution >= 0.6 is 35.6 Å². The number of hydrogen-bond acceptors (Lipinski definition) is 5. The van der Waals surface area contributed by atoms with Crippen molar-refractivity contribution >= 4 is 41.5 Å². The number of hydrogen-bond donors (Lipinski definition) is 2. The van der Waals surface area contributed by atoms with E-state index in [1.54, 1.807) is 19.2 Å². The van der Waals surface area contributed by atoms with Gasteiger partial charge in [0, 0.05) is 24.2 Å². The minimum absolute atomic E-state index is 0. The molecule has 0 aliphatic carbocycles. The van der Waals surface area contributed by atoms with Crippen molar-refractivity contribution in [3.05, 3.63) is 65.5 Å². The predicted octanol–water partition coefficient (Wildman–Crippen LogP) is 4.14. The largest absolute Gasteiger partial charge is 0.494 e. The van der Waals surface area contributed by atoms with Crippen LogP contribution in [0, 0.1) is 0 Å². The van der Waals surface area contributed by atoms with E-state index in [0.29, 0.717) is 35.8 Å². The SMILES string of the molecule is CN=C(NCCCOc1ccccc1)NCc1nc(-c2cccc(Cl)c2)no1.I. The highest BCUT2D eigenvalue weighted by Gasteiger charge is 2.09. The number of nitrogens with zero attached hydrogens (tertiary/aromatic N) is 3. The number of aromatic nitrogens is 2. The zero-order valence-corrected chi connectivity index (χ0v) is 19.1. The molecule has 3 rings (SSSR count). The molecule has 0 atom stereocenters. The molecule has 2 aromatic carbocycles. The zero-order chi connectivity index (χ0) is 19.6. The van der Waals surface area contributed by atoms with E-state index >= 15 is 0 Å². The van der Waals surface area contributed by atoms with E-state index < -0.39 is 0 Å². The highest BCUT2D eigenvalue weighted by Crippen LogP contribution is 2.19. The molecule has 0 amide bonds. The number of para-hydroxylation sites is 1. The molecule has 0 radical (unpaired) electrons. The molecule has 0 bridgehead atoms. The number of nitrogens with one attached hydrogen (secondary N) is 2. The number of ether oxygens (including phenoxy) is 1. The Labute approximate surface area is 191 Å². The summed E-state index contributed by atoms with van der Waals surface area (Å²) in [5.41, 5.74) is 0.809. The van der Waals surface area contributed by atoms with Gasteiger partial charge in [-0.3, -0.25) is 4.99 Å². The Morgan fingerprint density at radius 1 is 1.14 bits per heavy atom. The summed E-state index contributed by atoms with van der Waals surface area (Å²) in [6, 6.07) is 17.1. The highest BCUT2D eigenvalue weighted by molar-refractivity contribution is 14.0. The first-order chi connectivity index (χ1) is 13.7. The van der Waals surface area contributed by atoms with Gasteiger partial charge in [-0.1, -0.05) is 47.1 Å². The lowest BCUT2D eigenvalue weighted by Crippen LogP contribution is -2.37. The quantitative estimate of drug-likeness (QED) is 0.198. The second kappa shape index (κ2) is 12.3. The molecule has 2 N–H and O–H groups in total. The fourth-order valence-electron chi connectivity index (χ4n) is 2.44. The second-order valence-corrected chi connectivity index (χ2v) is 6.33. The van der Waals surface area contributed by atoms with E-state index in [1.807, 2.05) is 42.5 Å². The molecular weight excluding hydrogens is 505 g/mol. The maximum atomic E-state index is 6.00. The van der Waals surface area contributed by atoms with Gasteiger partial charge in [-0.25, -0.2) is 0 Å². The average molecular weight is 528 g/mol. The van der Waals surface area contributed by atoms with Gasteiger partial charge in [0.1, 0.15) is 5.75 Å². The monoisotopic (exact) mass is 527 g/mol. The van der Waals surface area contributed by atoms with Crippen LogP contribution in [0.4, 0.5) is 0 Å². The molecule has 29 heavy (non-hydrogen) atoms. The van der Waals surface area contributed by atoms with Crippen molar-refractivity contribution in [3.8, 4) is 17.1 Å². The number of rotatable bonds is 8. The van der Waals surface area contributed by atoms with Crippen LogP contribution in [0.15, 0.2) is 64.1 Å². The van der Waals surface area contributed by atoms with Gasteiger partial charge in [-0.05, 0) is 30.7 Å². The summed E-state index contributed by atoms with van der Waals surface area (Å²) >= 11 is 6.00. The van der Waals surface area contributed by atoms with Gasteiger partial charge >= 0.3 is 0 Å². The molecule has 0 saturated carbocycles. The fraction of sp³-hybridized carbons (Fsp3) is 0.250. The molecule has 7 nitrogen and oxygen atoms in total. The van der Waals surface area contributed by atoms with Crippen molar-refractivity contribution in [2.45, 2.75) is 13.0 Å². The third-order valence-corrected chi connectivity index (χ3v) is 4.04. The molecule has 3 aromatic rings. The second-order valence-electron chi connectivity index (χ2n) is 5.89. The summed E-state index contributed by atoms with van der Waals surface area (Å²) in [5, 5.41) is 11.0. The van der Waals surface area contributed by atoms with Gasteiger partial charge in [0.15, 0.2) is 5.96 Å². The van der Waals surface area contributed by atoms with Crippen LogP contribution in [0.2, 0.25) is 5.02 Å². The Morgan fingerprint density at radius 3 is 2.72 bits per heavy atom. The molecule has 0 saturated heterocycles. The fourth-order valence-corrected chi connectivity index (χ4v) is 2.63. The maximum absolute atomic E-state index is 6.00. The van der Waals surface area contributed by atoms with Crippen LogP contribution in [0.1, 0.15) is 12.3 Å². The minimum atomic E-state index is 0. The van der Waals surface area contributed by atoms with E-state index in [2.05, 4.69) is 25.8 Å². The Balaban J connectivity index is 0.00000300. The summed E-state index contributed by atoms with van der Waals surface area (Å²) < 4.78 is 10.9. The van der Waals surface area contributed by atoms with Crippen molar-refractivity contribution < 1.29 is 9.26 Å². The minimum Gasteiger partial charge on any atom is -0.494 e. The number of aliphatic imine (C=N–C) groups is 1. The van der Waals surface area contributed by atoms with Crippen LogP contribution in [-0.2, 0) is 6.54 Å². The lowest BCUT2D eigenvalue weighted by molar-refractivity contribution is 0.311. The van der Waals surface area contributed by atoms with Crippen LogP contribution in [-0.4, -0.2) is 36.3 Å². The van der Waals surface area contributed by atoms with Crippen molar-refractivity contribution in [1.82, 2.24) is 20.8 Å². The summed E-state index contributed by atoms with van der Waals surface area (Å²) in [5.74, 6) is 2.49. The number of benzene rings is 2. The van der Waals surface area contributed by atoms with Gasteiger partial charge in [0.2, 0.25) is 11.7 Å². The van der Waals surface area contributed by atoms with Crippen molar-refractivity contribution in [1.29, 1.82) is 0 Å². The standard InChI is InChI=1S/C20H22ClN5O2.HI/c1-22-20(23-11-6-12-27-17-9-3-2-4-10-17)24-14-18-25-19(26-28-18)15-7-5-8-16(21)13-15;/h2-5,7-10,13H,6,11-12,14H2,1H3,(H2,22,23,24);1H. The molecule has 154 valence electrons. The van der Waals surface area contributed by atoms with E-state index in [-0.39, 0.29) is 24.0 Å². The van der Waals surface area contributed by atoms with Gasteiger partial charge in [-0.15, -0.1) is 24.0 Å². The lowest BCUT2D eigenvalue weighted by atomic mass is 10.2. The van der Waals surface area contributed by atoms with Gasteiger partial charge in [0.25, 0.3) is 0 Å². The average Bonchev–Trinajstić information content (AvgIpc) is 3.20. The molecule has 0 fully saturated rings. The van der Waals surface area contributed by atoms with E-state index in [0.717, 1.165) is 24.3 Å². The van der Waals surface area contributed by atoms with Crippen LogP contribution < -0.4 is 15.4 Å². The first-order valence-electron chi connectivity index (χ1n) is 8.95. The Morgan fingerprint density at radius 2 is 1.97 bits per heavy atom. The van der Waals surface area contributed by atoms with Crippen LogP contribution in [0.25, 0.3) is 11.4 Å². The Hall–Kier alpha value is -2.33. The first kappa shape index (κ1) is 23.0. The van der Waals surface area contributed by atoms with E-state index in [9.17, 15) is 0 Å². The van der Waals surface area contributed by atoms with Gasteiger partial charge < -0.3 is 19.9 Å². The zero-order valence-electron chi connectivity index (χ0n) is 16.0. The number of guanidine groups is 1. The van der Waals surface area contributed by atoms with Gasteiger partial charge in [0.05, 0.1) is 13.2 Å². The van der Waals surface area contributed by atoms with Gasteiger partial charge in [-0.2, -0.15) is 4.98 Å².